The summed E-state index contributed by atoms with van der Waals surface area (Å²) in [5, 5.41) is 53.6. The molecule has 0 aliphatic heterocycles. The molecule has 7 rings (SSSR count). The molecule has 0 spiro atoms. The Kier molecular flexibility index (Phi) is 9.89. The predicted molar refractivity (Wildman–Crippen MR) is 180 cm³/mol. The highest BCUT2D eigenvalue weighted by molar-refractivity contribution is 5.79. The first-order valence-electron chi connectivity index (χ1n) is 16.3. The van der Waals surface area contributed by atoms with E-state index >= 15 is 0 Å². The van der Waals surface area contributed by atoms with E-state index in [1.54, 1.807) is 42.5 Å². The summed E-state index contributed by atoms with van der Waals surface area (Å²) < 4.78 is 11.4. The van der Waals surface area contributed by atoms with E-state index < -0.39 is 12.0 Å². The summed E-state index contributed by atoms with van der Waals surface area (Å²) in [5.41, 5.74) is 9.65. The quantitative estimate of drug-likeness (QED) is 0.0583. The van der Waals surface area contributed by atoms with Gasteiger partial charge in [-0.2, -0.15) is 0 Å². The van der Waals surface area contributed by atoms with Crippen LogP contribution in [-0.4, -0.2) is 44.2 Å². The maximum Gasteiger partial charge on any atom is 0.200 e. The van der Waals surface area contributed by atoms with E-state index in [4.69, 9.17) is 15.2 Å². The first kappa shape index (κ1) is 32.9. The average molecular weight is 652 g/mol. The van der Waals surface area contributed by atoms with E-state index in [-0.39, 0.29) is 84.2 Å². The maximum atomic E-state index is 13.3. The van der Waals surface area contributed by atoms with Crippen molar-refractivity contribution in [3.05, 3.63) is 119 Å². The van der Waals surface area contributed by atoms with Gasteiger partial charge in [0.25, 0.3) is 0 Å². The number of benzene rings is 4. The van der Waals surface area contributed by atoms with Crippen LogP contribution in [0.1, 0.15) is 58.9 Å². The summed E-state index contributed by atoms with van der Waals surface area (Å²) in [6, 6.07) is 23.3. The van der Waals surface area contributed by atoms with Crippen molar-refractivity contribution in [3.63, 3.8) is 0 Å². The number of aliphatic hydroxyl groups excluding tert-OH is 1. The van der Waals surface area contributed by atoms with Crippen molar-refractivity contribution in [2.45, 2.75) is 56.7 Å². The smallest absolute Gasteiger partial charge is 0.200 e. The molecule has 7 N–H and O–H groups in total. The summed E-state index contributed by atoms with van der Waals surface area (Å²) >= 11 is 0. The van der Waals surface area contributed by atoms with Crippen LogP contribution >= 0.6 is 0 Å². The van der Waals surface area contributed by atoms with Crippen LogP contribution < -0.4 is 15.2 Å². The highest BCUT2D eigenvalue weighted by atomic mass is 16.5. The van der Waals surface area contributed by atoms with Crippen LogP contribution in [0.25, 0.3) is 0 Å². The number of hydrogen-bond donors (Lipinski definition) is 6. The first-order chi connectivity index (χ1) is 23.2. The van der Waals surface area contributed by atoms with E-state index in [9.17, 15) is 30.3 Å². The molecule has 3 aliphatic carbocycles. The lowest BCUT2D eigenvalue weighted by molar-refractivity contribution is -0.121. The topological polar surface area (TPSA) is 163 Å². The van der Waals surface area contributed by atoms with E-state index in [1.165, 1.54) is 6.07 Å². The zero-order valence-electron chi connectivity index (χ0n) is 26.5. The predicted octanol–water partition coefficient (Wildman–Crippen LogP) is 5.95. The highest BCUT2D eigenvalue weighted by Crippen LogP contribution is 2.58. The number of Topliss-reactive ketones (excluding diaryl/α,β-unsaturated/α-hetero) is 1. The Morgan fingerprint density at radius 2 is 1.65 bits per heavy atom. The van der Waals surface area contributed by atoms with Crippen LogP contribution in [0.15, 0.2) is 91.0 Å². The van der Waals surface area contributed by atoms with Crippen LogP contribution in [0.3, 0.4) is 0 Å². The molecular weight excluding hydrogens is 610 g/mol. The average Bonchev–Trinajstić information content (AvgIpc) is 3.34. The number of aliphatic hydroxyl groups is 1. The minimum Gasteiger partial charge on any atom is -0.508 e. The number of phenolic OH excluding ortho intramolecular Hbond substituents is 4. The zero-order valence-corrected chi connectivity index (χ0v) is 26.5. The number of nitrogens with two attached hydrogens (primary N) is 1. The minimum atomic E-state index is -0.995. The highest BCUT2D eigenvalue weighted by Gasteiger charge is 2.45. The van der Waals surface area contributed by atoms with Crippen molar-refractivity contribution < 1.29 is 39.8 Å². The molecule has 2 bridgehead atoms. The summed E-state index contributed by atoms with van der Waals surface area (Å²) in [6.45, 7) is -0.0239. The van der Waals surface area contributed by atoms with Crippen molar-refractivity contribution in [2.75, 3.05) is 6.73 Å². The molecule has 48 heavy (non-hydrogen) atoms. The van der Waals surface area contributed by atoms with Crippen molar-refractivity contribution >= 4 is 5.78 Å². The Labute approximate surface area is 279 Å². The number of carbonyl (C=O) groups excluding carboxylic acids is 1. The molecule has 250 valence electrons. The lowest BCUT2D eigenvalue weighted by atomic mass is 9.65. The molecule has 0 saturated carbocycles. The Balaban J connectivity index is 1.28. The van der Waals surface area contributed by atoms with Crippen molar-refractivity contribution in [1.82, 2.24) is 0 Å². The summed E-state index contributed by atoms with van der Waals surface area (Å²) in [6.07, 6.45) is 5.03. The van der Waals surface area contributed by atoms with Crippen LogP contribution in [0, 0.1) is 11.8 Å². The fraction of sp³-hybridized carbons (Fsp3) is 0.308. The van der Waals surface area contributed by atoms with Gasteiger partial charge in [0.15, 0.2) is 23.0 Å². The van der Waals surface area contributed by atoms with Crippen molar-refractivity contribution in [1.29, 1.82) is 0 Å². The molecule has 0 fully saturated rings. The number of ketones is 1. The Bertz CT molecular complexity index is 1790. The monoisotopic (exact) mass is 651 g/mol. The molecule has 9 heteroatoms. The van der Waals surface area contributed by atoms with Gasteiger partial charge in [0.2, 0.25) is 5.75 Å². The number of carbonyl (C=O) groups is 1. The normalized spacial score (nSPS) is 20.1. The molecule has 3 aliphatic rings. The standard InChI is InChI=1S/C39H41NO8/c40-22-48-35-17-24(10-14-32(35)43)9-12-29(42)19-33(44)30-13-11-26-18-27(15-23-5-2-1-3-6-23)36(30)31-20-34(45)38(46)39(37(26)31)47-21-25-7-4-8-28(41)16-25/h1-8,10-11,13-14,16-17,20,26-27,30,33,36,41,43-46H,9,12,15,18-19,21-22,40H2/t26-,27-,30-,33-,36-/m0/s1. The van der Waals surface area contributed by atoms with Gasteiger partial charge in [-0.15, -0.1) is 0 Å². The van der Waals surface area contributed by atoms with Gasteiger partial charge in [-0.1, -0.05) is 60.7 Å². The van der Waals surface area contributed by atoms with Crippen LogP contribution in [0.4, 0.5) is 0 Å². The second-order valence-corrected chi connectivity index (χ2v) is 12.7. The molecule has 9 nitrogen and oxygen atoms in total. The van der Waals surface area contributed by atoms with Gasteiger partial charge >= 0.3 is 0 Å². The third-order valence-electron chi connectivity index (χ3n) is 9.55. The largest absolute Gasteiger partial charge is 0.508 e. The van der Waals surface area contributed by atoms with Gasteiger partial charge in [-0.3, -0.25) is 10.5 Å². The third-order valence-corrected chi connectivity index (χ3v) is 9.55. The third kappa shape index (κ3) is 7.12. The van der Waals surface area contributed by atoms with Gasteiger partial charge in [0, 0.05) is 30.2 Å². The molecule has 4 aromatic carbocycles. The number of aromatic hydroxyl groups is 4. The number of hydrogen-bond acceptors (Lipinski definition) is 9. The summed E-state index contributed by atoms with van der Waals surface area (Å²) in [4.78, 5) is 13.3. The zero-order chi connectivity index (χ0) is 33.8. The lowest BCUT2D eigenvalue weighted by Gasteiger charge is -2.40. The summed E-state index contributed by atoms with van der Waals surface area (Å²) in [5.74, 6) is -1.08. The van der Waals surface area contributed by atoms with Crippen LogP contribution in [0.5, 0.6) is 34.5 Å². The van der Waals surface area contributed by atoms with E-state index in [1.807, 2.05) is 30.4 Å². The molecule has 0 radical (unpaired) electrons. The Morgan fingerprint density at radius 1 is 0.854 bits per heavy atom. The first-order valence-corrected chi connectivity index (χ1v) is 16.3. The number of ether oxygens (including phenoxy) is 2. The molecule has 4 aromatic rings. The van der Waals surface area contributed by atoms with Crippen LogP contribution in [0.2, 0.25) is 0 Å². The maximum absolute atomic E-state index is 13.3. The lowest BCUT2D eigenvalue weighted by Crippen LogP contribution is -2.34. The van der Waals surface area contributed by atoms with E-state index in [0.717, 1.165) is 35.1 Å². The van der Waals surface area contributed by atoms with Crippen molar-refractivity contribution in [2.24, 2.45) is 17.6 Å². The molecular formula is C39H41NO8. The SMILES string of the molecule is NCOc1cc(CCC(=O)C[C@H](O)[C@@H]2C=C[C@H]3C[C@H](Cc4ccccc4)[C@@H]2c2cc(O)c(O)c(OCc4cccc(O)c4)c23)ccc1O. The van der Waals surface area contributed by atoms with Gasteiger partial charge < -0.3 is 35.0 Å². The number of rotatable bonds is 13. The second-order valence-electron chi connectivity index (χ2n) is 12.7. The van der Waals surface area contributed by atoms with Gasteiger partial charge in [-0.05, 0) is 83.7 Å². The molecule has 0 heterocycles. The molecule has 0 unspecified atom stereocenters. The Hall–Kier alpha value is -4.99. The van der Waals surface area contributed by atoms with Gasteiger partial charge in [0.1, 0.15) is 24.9 Å². The van der Waals surface area contributed by atoms with Gasteiger partial charge in [-0.25, -0.2) is 0 Å². The molecule has 5 atom stereocenters. The number of aryl methyl sites for hydroxylation is 1. The molecule has 0 amide bonds. The minimum absolute atomic E-state index is 0.0291. The molecule has 0 saturated heterocycles. The van der Waals surface area contributed by atoms with E-state index in [2.05, 4.69) is 12.1 Å². The number of fused-ring (bicyclic) bond motifs is 2. The van der Waals surface area contributed by atoms with Crippen LogP contribution in [-0.2, 0) is 24.2 Å². The second kappa shape index (κ2) is 14.4. The van der Waals surface area contributed by atoms with E-state index in [0.29, 0.717) is 12.0 Å². The Morgan fingerprint density at radius 3 is 2.42 bits per heavy atom. The fourth-order valence-electron chi connectivity index (χ4n) is 7.37. The summed E-state index contributed by atoms with van der Waals surface area (Å²) in [7, 11) is 0. The van der Waals surface area contributed by atoms with Crippen molar-refractivity contribution in [3.8, 4) is 34.5 Å². The van der Waals surface area contributed by atoms with Gasteiger partial charge in [0.05, 0.1) is 6.10 Å². The fourth-order valence-corrected chi connectivity index (χ4v) is 7.37. The number of allylic oxidation sites excluding steroid dienone is 1. The molecule has 0 aromatic heterocycles. The number of phenols is 4.